The van der Waals surface area contributed by atoms with Crippen LogP contribution in [0.4, 0.5) is 0 Å². The maximum Gasteiger partial charge on any atom is 0.0572 e. The van der Waals surface area contributed by atoms with Gasteiger partial charge in [-0.2, -0.15) is 0 Å². The third-order valence-electron chi connectivity index (χ3n) is 4.56. The quantitative estimate of drug-likeness (QED) is 0.641. The number of hydrogen-bond donors (Lipinski definition) is 0. The molecule has 20 heavy (non-hydrogen) atoms. The van der Waals surface area contributed by atoms with E-state index in [1.807, 2.05) is 0 Å². The molecule has 0 fully saturated rings. The van der Waals surface area contributed by atoms with Crippen molar-refractivity contribution in [1.82, 2.24) is 0 Å². The molecule has 0 aliphatic heterocycles. The van der Waals surface area contributed by atoms with Crippen LogP contribution in [0.2, 0.25) is 0 Å². The van der Waals surface area contributed by atoms with Crippen molar-refractivity contribution in [3.8, 4) is 0 Å². The van der Waals surface area contributed by atoms with Crippen LogP contribution in [0, 0.1) is 22.2 Å². The topological polar surface area (TPSA) is 27.7 Å². The minimum absolute atomic E-state index is 0.0664. The number of ether oxygens (including phenoxy) is 3. The molecule has 3 nitrogen and oxygen atoms in total. The van der Waals surface area contributed by atoms with Crippen molar-refractivity contribution in [2.24, 2.45) is 22.2 Å². The van der Waals surface area contributed by atoms with Gasteiger partial charge in [0.05, 0.1) is 26.4 Å². The molecule has 0 saturated carbocycles. The predicted molar refractivity (Wildman–Crippen MR) is 85.1 cm³/mol. The summed E-state index contributed by atoms with van der Waals surface area (Å²) in [7, 11) is 3.51. The van der Waals surface area contributed by atoms with Gasteiger partial charge in [0.15, 0.2) is 0 Å². The van der Waals surface area contributed by atoms with Crippen LogP contribution < -0.4 is 0 Å². The summed E-state index contributed by atoms with van der Waals surface area (Å²) in [6.07, 6.45) is 0. The standard InChI is InChI=1S/C17H36O3/c1-14(2)16(6,7)17(11-18-8,12-19-9)13-20-10-15(3,4)5/h14H,10-13H2,1-9H3. The van der Waals surface area contributed by atoms with Crippen molar-refractivity contribution in [1.29, 1.82) is 0 Å². The SMILES string of the molecule is COCC(COC)(COCC(C)(C)C)C(C)(C)C(C)C. The maximum atomic E-state index is 6.05. The highest BCUT2D eigenvalue weighted by Gasteiger charge is 2.47. The highest BCUT2D eigenvalue weighted by molar-refractivity contribution is 4.95. The average Bonchev–Trinajstić information content (AvgIpc) is 2.27. The molecule has 0 amide bonds. The molecule has 3 heteroatoms. The van der Waals surface area contributed by atoms with E-state index in [1.54, 1.807) is 14.2 Å². The molecule has 0 unspecified atom stereocenters. The van der Waals surface area contributed by atoms with Crippen LogP contribution in [-0.2, 0) is 14.2 Å². The number of methoxy groups -OCH3 is 2. The molecule has 0 aliphatic rings. The summed E-state index contributed by atoms with van der Waals surface area (Å²) in [5, 5.41) is 0. The van der Waals surface area contributed by atoms with Crippen molar-refractivity contribution >= 4 is 0 Å². The van der Waals surface area contributed by atoms with Crippen LogP contribution in [0.5, 0.6) is 0 Å². The Hall–Kier alpha value is -0.120. The zero-order valence-corrected chi connectivity index (χ0v) is 15.1. The van der Waals surface area contributed by atoms with Gasteiger partial charge in [-0.25, -0.2) is 0 Å². The molecular weight excluding hydrogens is 252 g/mol. The van der Waals surface area contributed by atoms with Gasteiger partial charge in [-0.05, 0) is 16.7 Å². The van der Waals surface area contributed by atoms with Gasteiger partial charge in [0.1, 0.15) is 0 Å². The Morgan fingerprint density at radius 2 is 1.20 bits per heavy atom. The van der Waals surface area contributed by atoms with Gasteiger partial charge in [0, 0.05) is 19.6 Å². The zero-order chi connectivity index (χ0) is 16.0. The molecule has 0 atom stereocenters. The van der Waals surface area contributed by atoms with Gasteiger partial charge in [0.2, 0.25) is 0 Å². The van der Waals surface area contributed by atoms with E-state index in [2.05, 4.69) is 48.5 Å². The summed E-state index contributed by atoms with van der Waals surface area (Å²) in [4.78, 5) is 0. The van der Waals surface area contributed by atoms with Crippen LogP contribution >= 0.6 is 0 Å². The van der Waals surface area contributed by atoms with Gasteiger partial charge in [0.25, 0.3) is 0 Å². The van der Waals surface area contributed by atoms with Crippen LogP contribution in [0.3, 0.4) is 0 Å². The molecule has 0 rings (SSSR count). The molecule has 122 valence electrons. The van der Waals surface area contributed by atoms with E-state index < -0.39 is 0 Å². The lowest BCUT2D eigenvalue weighted by molar-refractivity contribution is -0.135. The Labute approximate surface area is 126 Å². The average molecular weight is 288 g/mol. The normalized spacial score (nSPS) is 14.1. The lowest BCUT2D eigenvalue weighted by Gasteiger charge is -2.48. The third-order valence-corrected chi connectivity index (χ3v) is 4.56. The summed E-state index contributed by atoms with van der Waals surface area (Å²) in [6, 6.07) is 0. The molecule has 0 saturated heterocycles. The van der Waals surface area contributed by atoms with E-state index in [1.165, 1.54) is 0 Å². The second kappa shape index (κ2) is 7.77. The molecule has 0 N–H and O–H groups in total. The van der Waals surface area contributed by atoms with E-state index in [-0.39, 0.29) is 16.2 Å². The monoisotopic (exact) mass is 288 g/mol. The Bertz CT molecular complexity index is 258. The first-order valence-electron chi connectivity index (χ1n) is 7.58. The molecule has 0 radical (unpaired) electrons. The second-order valence-corrected chi connectivity index (χ2v) is 8.08. The first-order valence-corrected chi connectivity index (χ1v) is 7.58. The molecule has 0 aromatic carbocycles. The lowest BCUT2D eigenvalue weighted by Crippen LogP contribution is -2.51. The number of rotatable bonds is 9. The van der Waals surface area contributed by atoms with Gasteiger partial charge in [-0.1, -0.05) is 48.5 Å². The lowest BCUT2D eigenvalue weighted by atomic mass is 9.61. The molecule has 0 heterocycles. The van der Waals surface area contributed by atoms with Crippen molar-refractivity contribution in [2.75, 3.05) is 40.6 Å². The van der Waals surface area contributed by atoms with Gasteiger partial charge >= 0.3 is 0 Å². The predicted octanol–water partition coefficient (Wildman–Crippen LogP) is 4.01. The smallest absolute Gasteiger partial charge is 0.0572 e. The van der Waals surface area contributed by atoms with E-state index in [4.69, 9.17) is 14.2 Å². The third kappa shape index (κ3) is 5.34. The van der Waals surface area contributed by atoms with Gasteiger partial charge in [-0.3, -0.25) is 0 Å². The Morgan fingerprint density at radius 1 is 0.750 bits per heavy atom. The summed E-state index contributed by atoms with van der Waals surface area (Å²) < 4.78 is 17.1. The second-order valence-electron chi connectivity index (χ2n) is 8.08. The van der Waals surface area contributed by atoms with Gasteiger partial charge < -0.3 is 14.2 Å². The minimum atomic E-state index is -0.129. The maximum absolute atomic E-state index is 6.05. The first kappa shape index (κ1) is 19.9. The molecule has 0 aromatic rings. The summed E-state index contributed by atoms with van der Waals surface area (Å²) in [5.41, 5.74) is 0.112. The Morgan fingerprint density at radius 3 is 1.50 bits per heavy atom. The highest BCUT2D eigenvalue weighted by atomic mass is 16.5. The van der Waals surface area contributed by atoms with E-state index in [9.17, 15) is 0 Å². The summed E-state index contributed by atoms with van der Waals surface area (Å²) in [5.74, 6) is 0.519. The van der Waals surface area contributed by atoms with Crippen LogP contribution in [0.25, 0.3) is 0 Å². The Kier molecular flexibility index (Phi) is 7.72. The largest absolute Gasteiger partial charge is 0.384 e. The fraction of sp³-hybridized carbons (Fsp3) is 1.00. The van der Waals surface area contributed by atoms with Gasteiger partial charge in [-0.15, -0.1) is 0 Å². The Balaban J connectivity index is 5.12. The first-order chi connectivity index (χ1) is 9.02. The van der Waals surface area contributed by atoms with Crippen molar-refractivity contribution < 1.29 is 14.2 Å². The zero-order valence-electron chi connectivity index (χ0n) is 15.1. The van der Waals surface area contributed by atoms with Crippen molar-refractivity contribution in [3.05, 3.63) is 0 Å². The van der Waals surface area contributed by atoms with Crippen LogP contribution in [0.15, 0.2) is 0 Å². The minimum Gasteiger partial charge on any atom is -0.384 e. The van der Waals surface area contributed by atoms with Crippen molar-refractivity contribution in [2.45, 2.75) is 48.5 Å². The fourth-order valence-electron chi connectivity index (χ4n) is 2.40. The fourth-order valence-corrected chi connectivity index (χ4v) is 2.40. The molecule has 0 aromatic heterocycles. The molecule has 0 spiro atoms. The van der Waals surface area contributed by atoms with E-state index in [0.29, 0.717) is 25.7 Å². The molecule has 0 bridgehead atoms. The van der Waals surface area contributed by atoms with E-state index in [0.717, 1.165) is 6.61 Å². The van der Waals surface area contributed by atoms with E-state index >= 15 is 0 Å². The van der Waals surface area contributed by atoms with Crippen molar-refractivity contribution in [3.63, 3.8) is 0 Å². The molecular formula is C17H36O3. The highest BCUT2D eigenvalue weighted by Crippen LogP contribution is 2.45. The number of hydrogen-bond acceptors (Lipinski definition) is 3. The van der Waals surface area contributed by atoms with Crippen LogP contribution in [-0.4, -0.2) is 40.6 Å². The molecule has 0 aliphatic carbocycles. The van der Waals surface area contributed by atoms with Crippen LogP contribution in [0.1, 0.15) is 48.5 Å². The summed E-state index contributed by atoms with van der Waals surface area (Å²) in [6.45, 7) is 18.4. The summed E-state index contributed by atoms with van der Waals surface area (Å²) >= 11 is 0.